The lowest BCUT2D eigenvalue weighted by molar-refractivity contribution is -0.139. The molecule has 0 unspecified atom stereocenters. The molecule has 2 amide bonds. The first-order valence-corrected chi connectivity index (χ1v) is 8.63. The number of nitrogens with one attached hydrogen (secondary N) is 2. The number of rotatable bonds is 5. The Morgan fingerprint density at radius 3 is 2.57 bits per heavy atom. The predicted octanol–water partition coefficient (Wildman–Crippen LogP) is 2.71. The molecule has 6 nitrogen and oxygen atoms in total. The fraction of sp³-hybridized carbons (Fsp3) is 0.316. The number of alkyl halides is 3. The van der Waals surface area contributed by atoms with Gasteiger partial charge in [-0.15, -0.1) is 0 Å². The third-order valence-corrected chi connectivity index (χ3v) is 4.33. The van der Waals surface area contributed by atoms with E-state index in [4.69, 9.17) is 0 Å². The molecule has 0 atom stereocenters. The van der Waals surface area contributed by atoms with Crippen LogP contribution in [0.15, 0.2) is 41.3 Å². The minimum atomic E-state index is -4.80. The van der Waals surface area contributed by atoms with E-state index < -0.39 is 29.8 Å². The summed E-state index contributed by atoms with van der Waals surface area (Å²) in [5, 5.41) is 5.38. The number of carbonyl (C=O) groups is 2. The summed E-state index contributed by atoms with van der Waals surface area (Å²) >= 11 is 0. The van der Waals surface area contributed by atoms with Gasteiger partial charge in [-0.25, -0.2) is 0 Å². The summed E-state index contributed by atoms with van der Waals surface area (Å²) in [6, 6.07) is 6.70. The van der Waals surface area contributed by atoms with Crippen LogP contribution in [0.25, 0.3) is 0 Å². The van der Waals surface area contributed by atoms with Gasteiger partial charge < -0.3 is 15.2 Å². The van der Waals surface area contributed by atoms with Gasteiger partial charge in [0, 0.05) is 23.5 Å². The number of halogens is 3. The topological polar surface area (TPSA) is 80.2 Å². The van der Waals surface area contributed by atoms with E-state index in [2.05, 4.69) is 10.6 Å². The number of aromatic nitrogens is 1. The standard InChI is InChI=1S/C19H18F3N3O3/c1-11-4-5-12(17(27)23-13-6-7-13)9-15(11)24-16(26)10-25-8-2-3-14(18(25)28)19(20,21)22/h2-5,8-9,13H,6-7,10H2,1H3,(H,23,27)(H,24,26). The van der Waals surface area contributed by atoms with Crippen molar-refractivity contribution >= 4 is 17.5 Å². The van der Waals surface area contributed by atoms with Gasteiger partial charge in [0.25, 0.3) is 11.5 Å². The van der Waals surface area contributed by atoms with Crippen molar-refractivity contribution in [3.8, 4) is 0 Å². The Kier molecular flexibility index (Phi) is 5.26. The SMILES string of the molecule is Cc1ccc(C(=O)NC2CC2)cc1NC(=O)Cn1cccc(C(F)(F)F)c1=O. The molecule has 0 spiro atoms. The monoisotopic (exact) mass is 393 g/mol. The molecule has 1 aliphatic carbocycles. The zero-order valence-corrected chi connectivity index (χ0v) is 15.0. The molecule has 1 saturated carbocycles. The predicted molar refractivity (Wildman–Crippen MR) is 96.0 cm³/mol. The highest BCUT2D eigenvalue weighted by Crippen LogP contribution is 2.26. The van der Waals surface area contributed by atoms with Crippen molar-refractivity contribution in [2.24, 2.45) is 0 Å². The Labute approximate surface area is 158 Å². The highest BCUT2D eigenvalue weighted by Gasteiger charge is 2.34. The number of pyridine rings is 1. The number of hydrogen-bond donors (Lipinski definition) is 2. The van der Waals surface area contributed by atoms with Gasteiger partial charge in [0.2, 0.25) is 5.91 Å². The Morgan fingerprint density at radius 1 is 1.21 bits per heavy atom. The summed E-state index contributed by atoms with van der Waals surface area (Å²) in [6.45, 7) is 1.13. The third-order valence-electron chi connectivity index (χ3n) is 4.33. The van der Waals surface area contributed by atoms with Crippen LogP contribution in [-0.2, 0) is 17.5 Å². The second kappa shape index (κ2) is 7.49. The quantitative estimate of drug-likeness (QED) is 0.820. The summed E-state index contributed by atoms with van der Waals surface area (Å²) < 4.78 is 39.2. The molecule has 1 aliphatic rings. The van der Waals surface area contributed by atoms with Crippen LogP contribution < -0.4 is 16.2 Å². The lowest BCUT2D eigenvalue weighted by Gasteiger charge is -2.13. The van der Waals surface area contributed by atoms with Gasteiger partial charge in [0.1, 0.15) is 12.1 Å². The third kappa shape index (κ3) is 4.59. The maximum Gasteiger partial charge on any atom is 0.421 e. The van der Waals surface area contributed by atoms with Crippen LogP contribution in [0, 0.1) is 6.92 Å². The van der Waals surface area contributed by atoms with Crippen molar-refractivity contribution in [3.63, 3.8) is 0 Å². The Bertz CT molecular complexity index is 978. The average Bonchev–Trinajstić information content (AvgIpc) is 3.41. The summed E-state index contributed by atoms with van der Waals surface area (Å²) in [7, 11) is 0. The minimum Gasteiger partial charge on any atom is -0.349 e. The Morgan fingerprint density at radius 2 is 1.93 bits per heavy atom. The first-order chi connectivity index (χ1) is 13.1. The molecule has 28 heavy (non-hydrogen) atoms. The lowest BCUT2D eigenvalue weighted by atomic mass is 10.1. The molecule has 2 aromatic rings. The van der Waals surface area contributed by atoms with E-state index in [0.717, 1.165) is 25.1 Å². The van der Waals surface area contributed by atoms with Gasteiger partial charge in [-0.3, -0.25) is 14.4 Å². The molecule has 9 heteroatoms. The highest BCUT2D eigenvalue weighted by molar-refractivity contribution is 5.98. The number of anilines is 1. The molecule has 1 fully saturated rings. The van der Waals surface area contributed by atoms with Crippen molar-refractivity contribution in [3.05, 3.63) is 63.6 Å². The maximum atomic E-state index is 12.8. The first-order valence-electron chi connectivity index (χ1n) is 8.63. The van der Waals surface area contributed by atoms with Crippen molar-refractivity contribution in [1.82, 2.24) is 9.88 Å². The molecule has 148 valence electrons. The average molecular weight is 393 g/mol. The molecule has 1 aromatic carbocycles. The number of benzene rings is 1. The van der Waals surface area contributed by atoms with Crippen LogP contribution in [0.3, 0.4) is 0 Å². The molecule has 0 bridgehead atoms. The number of aryl methyl sites for hydroxylation is 1. The van der Waals surface area contributed by atoms with Crippen LogP contribution in [0.1, 0.15) is 34.3 Å². The van der Waals surface area contributed by atoms with Gasteiger partial charge in [0.15, 0.2) is 0 Å². The largest absolute Gasteiger partial charge is 0.421 e. The summed E-state index contributed by atoms with van der Waals surface area (Å²) in [5.41, 5.74) is -1.23. The van der Waals surface area contributed by atoms with Crippen molar-refractivity contribution in [1.29, 1.82) is 0 Å². The van der Waals surface area contributed by atoms with Gasteiger partial charge in [-0.1, -0.05) is 6.07 Å². The molecule has 0 aliphatic heterocycles. The molecule has 0 radical (unpaired) electrons. The van der Waals surface area contributed by atoms with E-state index in [9.17, 15) is 27.6 Å². The lowest BCUT2D eigenvalue weighted by Crippen LogP contribution is -2.32. The van der Waals surface area contributed by atoms with E-state index in [0.29, 0.717) is 27.4 Å². The summed E-state index contributed by atoms with van der Waals surface area (Å²) in [6.07, 6.45) is -1.81. The van der Waals surface area contributed by atoms with Gasteiger partial charge >= 0.3 is 6.18 Å². The highest BCUT2D eigenvalue weighted by atomic mass is 19.4. The molecule has 1 aromatic heterocycles. The second-order valence-corrected chi connectivity index (χ2v) is 6.68. The van der Waals surface area contributed by atoms with Gasteiger partial charge in [-0.2, -0.15) is 13.2 Å². The molecule has 1 heterocycles. The Hall–Kier alpha value is -3.10. The first kappa shape index (κ1) is 19.7. The van der Waals surface area contributed by atoms with Crippen LogP contribution in [0.2, 0.25) is 0 Å². The Balaban J connectivity index is 1.75. The van der Waals surface area contributed by atoms with E-state index >= 15 is 0 Å². The number of hydrogen-bond acceptors (Lipinski definition) is 3. The van der Waals surface area contributed by atoms with Crippen LogP contribution in [0.5, 0.6) is 0 Å². The normalized spacial score (nSPS) is 13.9. The van der Waals surface area contributed by atoms with Crippen molar-refractivity contribution in [2.45, 2.75) is 38.5 Å². The molecule has 0 saturated heterocycles. The van der Waals surface area contributed by atoms with Crippen molar-refractivity contribution < 1.29 is 22.8 Å². The number of nitrogens with zero attached hydrogens (tertiary/aromatic N) is 1. The van der Waals surface area contributed by atoms with E-state index in [1.807, 2.05) is 0 Å². The number of amides is 2. The van der Waals surface area contributed by atoms with Crippen LogP contribution >= 0.6 is 0 Å². The fourth-order valence-electron chi connectivity index (χ4n) is 2.62. The van der Waals surface area contributed by atoms with Crippen LogP contribution in [0.4, 0.5) is 18.9 Å². The van der Waals surface area contributed by atoms with Crippen LogP contribution in [-0.4, -0.2) is 22.4 Å². The smallest absolute Gasteiger partial charge is 0.349 e. The fourth-order valence-corrected chi connectivity index (χ4v) is 2.62. The minimum absolute atomic E-state index is 0.180. The van der Waals surface area contributed by atoms with E-state index in [1.165, 1.54) is 6.07 Å². The summed E-state index contributed by atoms with van der Waals surface area (Å²) in [4.78, 5) is 36.3. The molecular weight excluding hydrogens is 375 g/mol. The zero-order valence-electron chi connectivity index (χ0n) is 15.0. The van der Waals surface area contributed by atoms with Crippen molar-refractivity contribution in [2.75, 3.05) is 5.32 Å². The summed E-state index contributed by atoms with van der Waals surface area (Å²) in [5.74, 6) is -0.934. The maximum absolute atomic E-state index is 12.8. The number of carbonyl (C=O) groups excluding carboxylic acids is 2. The van der Waals surface area contributed by atoms with E-state index in [-0.39, 0.29) is 11.9 Å². The van der Waals surface area contributed by atoms with E-state index in [1.54, 1.807) is 19.1 Å². The molecule has 3 rings (SSSR count). The molecule has 2 N–H and O–H groups in total. The van der Waals surface area contributed by atoms with Gasteiger partial charge in [0.05, 0.1) is 0 Å². The molecular formula is C19H18F3N3O3. The van der Waals surface area contributed by atoms with Gasteiger partial charge in [-0.05, 0) is 49.6 Å². The second-order valence-electron chi connectivity index (χ2n) is 6.68. The zero-order chi connectivity index (χ0) is 20.5.